The van der Waals surface area contributed by atoms with Crippen LogP contribution in [0.15, 0.2) is 82.3 Å². The Morgan fingerprint density at radius 2 is 1.69 bits per heavy atom. The number of benzene rings is 2. The van der Waals surface area contributed by atoms with Crippen LogP contribution in [0.5, 0.6) is 0 Å². The molecule has 0 aliphatic heterocycles. The Morgan fingerprint density at radius 1 is 0.969 bits per heavy atom. The largest absolute Gasteiger partial charge is 0.467 e. The zero-order chi connectivity index (χ0) is 22.9. The molecule has 6 nitrogen and oxygen atoms in total. The first-order valence-electron chi connectivity index (χ1n) is 10.5. The Kier molecular flexibility index (Phi) is 8.39. The van der Waals surface area contributed by atoms with Crippen LogP contribution in [0.2, 0.25) is 0 Å². The molecule has 0 saturated heterocycles. The van der Waals surface area contributed by atoms with Gasteiger partial charge in [0.15, 0.2) is 0 Å². The minimum Gasteiger partial charge on any atom is -0.467 e. The van der Waals surface area contributed by atoms with E-state index in [4.69, 9.17) is 4.42 Å². The topological polar surface area (TPSA) is 65.8 Å². The van der Waals surface area contributed by atoms with Crippen LogP contribution in [0.4, 0.5) is 10.5 Å². The van der Waals surface area contributed by atoms with Gasteiger partial charge in [0.05, 0.1) is 12.8 Å². The third-order valence-electron chi connectivity index (χ3n) is 5.03. The molecule has 3 amide bonds. The van der Waals surface area contributed by atoms with E-state index >= 15 is 0 Å². The number of urea groups is 1. The van der Waals surface area contributed by atoms with Crippen molar-refractivity contribution in [2.75, 3.05) is 18.1 Å². The summed E-state index contributed by atoms with van der Waals surface area (Å²) >= 11 is 1.64. The fourth-order valence-corrected chi connectivity index (χ4v) is 3.64. The SMILES string of the molecule is CSc1ccc(NC(=O)N(CC(=O)N(Cc2ccccc2)Cc2ccco2)C(C)C)cc1. The number of hydrogen-bond acceptors (Lipinski definition) is 4. The van der Waals surface area contributed by atoms with Crippen LogP contribution in [0, 0.1) is 0 Å². The third-order valence-corrected chi connectivity index (χ3v) is 5.77. The number of rotatable bonds is 9. The van der Waals surface area contributed by atoms with E-state index in [0.717, 1.165) is 10.5 Å². The lowest BCUT2D eigenvalue weighted by Crippen LogP contribution is -2.47. The number of amides is 3. The lowest BCUT2D eigenvalue weighted by molar-refractivity contribution is -0.133. The van der Waals surface area contributed by atoms with Gasteiger partial charge < -0.3 is 19.5 Å². The fraction of sp³-hybridized carbons (Fsp3) is 0.280. The average Bonchev–Trinajstić information content (AvgIpc) is 3.31. The molecule has 32 heavy (non-hydrogen) atoms. The normalized spacial score (nSPS) is 10.8. The molecule has 0 bridgehead atoms. The van der Waals surface area contributed by atoms with Gasteiger partial charge in [0.2, 0.25) is 5.91 Å². The van der Waals surface area contributed by atoms with Crippen molar-refractivity contribution >= 4 is 29.4 Å². The van der Waals surface area contributed by atoms with E-state index in [2.05, 4.69) is 5.32 Å². The molecule has 0 fully saturated rings. The Balaban J connectivity index is 1.72. The lowest BCUT2D eigenvalue weighted by Gasteiger charge is -2.30. The molecule has 1 aromatic heterocycles. The molecule has 0 atom stereocenters. The third kappa shape index (κ3) is 6.65. The quantitative estimate of drug-likeness (QED) is 0.438. The maximum absolute atomic E-state index is 13.3. The second-order valence-electron chi connectivity index (χ2n) is 7.70. The molecular formula is C25H29N3O3S. The van der Waals surface area contributed by atoms with Gasteiger partial charge in [-0.05, 0) is 62.1 Å². The summed E-state index contributed by atoms with van der Waals surface area (Å²) in [7, 11) is 0. The van der Waals surface area contributed by atoms with Crippen LogP contribution in [0.25, 0.3) is 0 Å². The van der Waals surface area contributed by atoms with Crippen LogP contribution in [-0.2, 0) is 17.9 Å². The summed E-state index contributed by atoms with van der Waals surface area (Å²) in [5.74, 6) is 0.551. The number of nitrogens with zero attached hydrogens (tertiary/aromatic N) is 2. The van der Waals surface area contributed by atoms with Crippen molar-refractivity contribution in [2.24, 2.45) is 0 Å². The highest BCUT2D eigenvalue weighted by Crippen LogP contribution is 2.18. The first-order valence-corrected chi connectivity index (χ1v) is 11.7. The van der Waals surface area contributed by atoms with Crippen molar-refractivity contribution in [2.45, 2.75) is 37.9 Å². The van der Waals surface area contributed by atoms with Crippen molar-refractivity contribution in [1.82, 2.24) is 9.80 Å². The Bertz CT molecular complexity index is 989. The van der Waals surface area contributed by atoms with E-state index in [-0.39, 0.29) is 24.5 Å². The van der Waals surface area contributed by atoms with E-state index in [1.54, 1.807) is 33.9 Å². The number of furan rings is 1. The van der Waals surface area contributed by atoms with E-state index < -0.39 is 0 Å². The molecule has 0 spiro atoms. The van der Waals surface area contributed by atoms with Crippen LogP contribution in [0.1, 0.15) is 25.2 Å². The zero-order valence-electron chi connectivity index (χ0n) is 18.7. The highest BCUT2D eigenvalue weighted by atomic mass is 32.2. The van der Waals surface area contributed by atoms with Crippen LogP contribution in [0.3, 0.4) is 0 Å². The number of carbonyl (C=O) groups excluding carboxylic acids is 2. The molecule has 7 heteroatoms. The van der Waals surface area contributed by atoms with Gasteiger partial charge in [0, 0.05) is 23.2 Å². The average molecular weight is 452 g/mol. The van der Waals surface area contributed by atoms with Crippen molar-refractivity contribution in [3.05, 3.63) is 84.3 Å². The van der Waals surface area contributed by atoms with Crippen molar-refractivity contribution < 1.29 is 14.0 Å². The van der Waals surface area contributed by atoms with Gasteiger partial charge in [-0.1, -0.05) is 30.3 Å². The van der Waals surface area contributed by atoms with E-state index in [1.165, 1.54) is 0 Å². The summed E-state index contributed by atoms with van der Waals surface area (Å²) in [5.41, 5.74) is 1.71. The maximum atomic E-state index is 13.3. The molecule has 0 saturated carbocycles. The smallest absolute Gasteiger partial charge is 0.322 e. The molecule has 0 aliphatic rings. The van der Waals surface area contributed by atoms with Gasteiger partial charge in [-0.2, -0.15) is 0 Å². The molecule has 168 valence electrons. The fourth-order valence-electron chi connectivity index (χ4n) is 3.23. The first kappa shape index (κ1) is 23.5. The molecule has 1 heterocycles. The first-order chi connectivity index (χ1) is 15.5. The summed E-state index contributed by atoms with van der Waals surface area (Å²) in [6.07, 6.45) is 3.60. The van der Waals surface area contributed by atoms with E-state index in [0.29, 0.717) is 24.5 Å². The van der Waals surface area contributed by atoms with Gasteiger partial charge in [-0.3, -0.25) is 4.79 Å². The monoisotopic (exact) mass is 451 g/mol. The molecule has 3 rings (SSSR count). The van der Waals surface area contributed by atoms with Crippen LogP contribution >= 0.6 is 11.8 Å². The number of anilines is 1. The summed E-state index contributed by atoms with van der Waals surface area (Å²) in [5, 5.41) is 2.90. The predicted octanol–water partition coefficient (Wildman–Crippen LogP) is 5.47. The second-order valence-corrected chi connectivity index (χ2v) is 8.57. The molecule has 2 aromatic carbocycles. The van der Waals surface area contributed by atoms with Gasteiger partial charge in [-0.15, -0.1) is 11.8 Å². The molecule has 3 aromatic rings. The molecule has 0 unspecified atom stereocenters. The van der Waals surface area contributed by atoms with Crippen molar-refractivity contribution in [3.63, 3.8) is 0 Å². The minimum atomic E-state index is -0.303. The standard InChI is InChI=1S/C25H29N3O3S/c1-19(2)28(25(30)26-21-11-13-23(32-3)14-12-21)18-24(29)27(17-22-10-7-15-31-22)16-20-8-5-4-6-9-20/h4-15,19H,16-18H2,1-3H3,(H,26,30). The van der Waals surface area contributed by atoms with Gasteiger partial charge in [-0.25, -0.2) is 4.79 Å². The summed E-state index contributed by atoms with van der Waals surface area (Å²) < 4.78 is 5.46. The maximum Gasteiger partial charge on any atom is 0.322 e. The molecule has 0 aliphatic carbocycles. The summed E-state index contributed by atoms with van der Waals surface area (Å²) in [6.45, 7) is 4.55. The van der Waals surface area contributed by atoms with E-state index in [1.807, 2.05) is 80.8 Å². The Labute approximate surface area is 193 Å². The van der Waals surface area contributed by atoms with Gasteiger partial charge in [0.1, 0.15) is 12.3 Å². The minimum absolute atomic E-state index is 0.0278. The summed E-state index contributed by atoms with van der Waals surface area (Å²) in [6, 6.07) is 20.6. The Hall–Kier alpha value is -3.19. The van der Waals surface area contributed by atoms with Gasteiger partial charge >= 0.3 is 6.03 Å². The number of thioether (sulfide) groups is 1. The predicted molar refractivity (Wildman–Crippen MR) is 128 cm³/mol. The van der Waals surface area contributed by atoms with Crippen LogP contribution in [-0.4, -0.2) is 40.6 Å². The van der Waals surface area contributed by atoms with Gasteiger partial charge in [0.25, 0.3) is 0 Å². The number of nitrogens with one attached hydrogen (secondary N) is 1. The molecule has 1 N–H and O–H groups in total. The van der Waals surface area contributed by atoms with Crippen LogP contribution < -0.4 is 5.32 Å². The van der Waals surface area contributed by atoms with Crippen molar-refractivity contribution in [3.8, 4) is 0 Å². The van der Waals surface area contributed by atoms with E-state index in [9.17, 15) is 9.59 Å². The van der Waals surface area contributed by atoms with Crippen molar-refractivity contribution in [1.29, 1.82) is 0 Å². The second kappa shape index (κ2) is 11.4. The highest BCUT2D eigenvalue weighted by Gasteiger charge is 2.24. The molecular weight excluding hydrogens is 422 g/mol. The lowest BCUT2D eigenvalue weighted by atomic mass is 10.2. The highest BCUT2D eigenvalue weighted by molar-refractivity contribution is 7.98. The number of hydrogen-bond donors (Lipinski definition) is 1. The Morgan fingerprint density at radius 3 is 2.28 bits per heavy atom. The summed E-state index contributed by atoms with van der Waals surface area (Å²) in [4.78, 5) is 30.6. The number of carbonyl (C=O) groups is 2. The zero-order valence-corrected chi connectivity index (χ0v) is 19.5. The molecule has 0 radical (unpaired) electrons.